The molecule has 0 unspecified atom stereocenters. The Morgan fingerprint density at radius 1 is 0.660 bits per heavy atom. The van der Waals surface area contributed by atoms with E-state index in [0.29, 0.717) is 105 Å². The molecule has 0 fully saturated rings. The molecule has 100 heavy (non-hydrogen) atoms. The van der Waals surface area contributed by atoms with Crippen LogP contribution in [0, 0.1) is 26.2 Å². The zero-order chi connectivity index (χ0) is 73.6. The molecule has 8 aromatic rings. The first-order valence-electron chi connectivity index (χ1n) is 31.8. The molecular weight excluding hydrogens is 1340 g/mol. The Hall–Kier alpha value is -10.0. The lowest BCUT2D eigenvalue weighted by molar-refractivity contribution is -0.143. The largest absolute Gasteiger partial charge is 0.461 e. The van der Waals surface area contributed by atoms with Crippen LogP contribution in [-0.2, 0) is 100 Å². The molecule has 0 saturated carbocycles. The summed E-state index contributed by atoms with van der Waals surface area (Å²) >= 11 is 0. The molecule has 29 heteroatoms. The van der Waals surface area contributed by atoms with Crippen molar-refractivity contribution in [2.24, 2.45) is 29.8 Å². The maximum Gasteiger partial charge on any atom is 0.416 e. The van der Waals surface area contributed by atoms with Gasteiger partial charge in [0.1, 0.15) is 23.3 Å². The Balaban J connectivity index is 0.000000170. The molecule has 0 aliphatic carbocycles. The average molecular weight is 1420 g/mol. The van der Waals surface area contributed by atoms with Crippen molar-refractivity contribution in [2.45, 2.75) is 123 Å². The molecule has 532 valence electrons. The molecule has 24 nitrogen and oxygen atoms in total. The quantitative estimate of drug-likeness (QED) is 0.0713. The highest BCUT2D eigenvalue weighted by atomic mass is 32.2. The number of oxime groups is 2. The second-order valence-electron chi connectivity index (χ2n) is 24.9. The van der Waals surface area contributed by atoms with Gasteiger partial charge in [0.25, 0.3) is 16.7 Å². The minimum absolute atomic E-state index is 0.00623. The standard InChI is InChI=1S/C23H32N2O4.C18H17NO3.C16H17N3O5S.C14H13F3N2O4S/c1-7-16-13-15(3)14-17(8-2)18(16)19-20(26)24-9-11-28-12-10-25(24)21(19)29-22(27)23(4,5)6;1-2-21-17(20)16-13-18(22-19-16,14-9-5-3-6-10-14)15-11-7-4-8-12-15;1-9-10(15(20)11-8-17-19(2)16(11)21)4-5-13(25(3,22)23)14(9)12-6-7-24-18-12;1-7-11(13(21)19(2)18-7)12(20)9-5-4-8(14(15,16)17)6-10(9)24(3,22)23/h13-14H,7-12H2,1-6H3;3-12H,2,13H2,1H3;4-5,8,17H,6-7H2,1-3H3;4-6,18H,1-3H3. The normalized spacial score (nSPS) is 14.2. The fraction of sp³-hybridized carbons (Fsp3) is 0.366. The van der Waals surface area contributed by atoms with Gasteiger partial charge in [0.15, 0.2) is 36.8 Å². The first-order valence-corrected chi connectivity index (χ1v) is 35.6. The molecule has 6 heterocycles. The molecule has 3 aromatic heterocycles. The van der Waals surface area contributed by atoms with Crippen LogP contribution in [0.2, 0.25) is 0 Å². The van der Waals surface area contributed by atoms with Gasteiger partial charge in [-0.15, -0.1) is 0 Å². The van der Waals surface area contributed by atoms with E-state index in [0.717, 1.165) is 57.7 Å². The maximum absolute atomic E-state index is 13.5. The fourth-order valence-electron chi connectivity index (χ4n) is 11.6. The van der Waals surface area contributed by atoms with Crippen LogP contribution < -0.4 is 21.4 Å². The maximum atomic E-state index is 13.5. The van der Waals surface area contributed by atoms with Gasteiger partial charge in [0.2, 0.25) is 11.7 Å². The van der Waals surface area contributed by atoms with Gasteiger partial charge in [-0.25, -0.2) is 31.0 Å². The summed E-state index contributed by atoms with van der Waals surface area (Å²) in [6, 6.07) is 28.5. The van der Waals surface area contributed by atoms with Crippen LogP contribution in [-0.4, -0.2) is 120 Å². The van der Waals surface area contributed by atoms with Crippen molar-refractivity contribution in [2.75, 3.05) is 38.9 Å². The Labute approximate surface area is 575 Å². The summed E-state index contributed by atoms with van der Waals surface area (Å²) in [5.41, 5.74) is 4.07. The molecule has 0 atom stereocenters. The number of aryl methyl sites for hydroxylation is 6. The Morgan fingerprint density at radius 2 is 1.24 bits per heavy atom. The van der Waals surface area contributed by atoms with Gasteiger partial charge < -0.3 is 29.0 Å². The SMILES string of the molecule is CCOC(=O)C1=NOC(c2ccccc2)(c2ccccc2)C1.CCc1cc(C)cc(CC)c1-c1c(OC(=O)C(C)(C)C)n2n(c1=O)CCOCC2.Cc1[nH]n(C)c(=O)c1C(=O)c1ccc(C(F)(F)F)cc1S(C)(=O)=O.Cc1c(C(=O)c2c[nH]n(C)c2=O)ccc(S(C)(=O)=O)c1C1=NOCC1. The number of ketones is 2. The molecule has 0 spiro atoms. The van der Waals surface area contributed by atoms with Crippen molar-refractivity contribution in [3.05, 3.63) is 213 Å². The number of ether oxygens (including phenoxy) is 3. The third-order valence-electron chi connectivity index (χ3n) is 16.6. The number of carbonyl (C=O) groups is 4. The lowest BCUT2D eigenvalue weighted by atomic mass is 9.82. The topological polar surface area (TPSA) is 310 Å². The van der Waals surface area contributed by atoms with E-state index in [-0.39, 0.29) is 38.8 Å². The van der Waals surface area contributed by atoms with E-state index in [2.05, 4.69) is 53.4 Å². The van der Waals surface area contributed by atoms with Crippen molar-refractivity contribution in [3.63, 3.8) is 0 Å². The van der Waals surface area contributed by atoms with Crippen molar-refractivity contribution < 1.29 is 73.1 Å². The molecule has 0 amide bonds. The van der Waals surface area contributed by atoms with Gasteiger partial charge in [0, 0.05) is 72.7 Å². The number of fused-ring (bicyclic) bond motifs is 1. The van der Waals surface area contributed by atoms with E-state index < -0.39 is 81.5 Å². The zero-order valence-corrected chi connectivity index (χ0v) is 59.3. The minimum Gasteiger partial charge on any atom is -0.461 e. The summed E-state index contributed by atoms with van der Waals surface area (Å²) in [7, 11) is -4.79. The Bertz CT molecular complexity index is 4870. The van der Waals surface area contributed by atoms with E-state index >= 15 is 0 Å². The highest BCUT2D eigenvalue weighted by molar-refractivity contribution is 7.91. The highest BCUT2D eigenvalue weighted by Crippen LogP contribution is 2.42. The summed E-state index contributed by atoms with van der Waals surface area (Å²) in [5, 5.41) is 13.1. The van der Waals surface area contributed by atoms with E-state index in [1.807, 2.05) is 81.4 Å². The van der Waals surface area contributed by atoms with Crippen molar-refractivity contribution in [1.82, 2.24) is 28.9 Å². The first-order chi connectivity index (χ1) is 47.0. The lowest BCUT2D eigenvalue weighted by Crippen LogP contribution is -2.29. The molecule has 3 aliphatic rings. The zero-order valence-electron chi connectivity index (χ0n) is 57.6. The van der Waals surface area contributed by atoms with E-state index in [9.17, 15) is 63.6 Å². The van der Waals surface area contributed by atoms with E-state index in [1.165, 1.54) is 49.6 Å². The van der Waals surface area contributed by atoms with Gasteiger partial charge >= 0.3 is 18.1 Å². The molecule has 5 aromatic carbocycles. The Kier molecular flexibility index (Phi) is 23.2. The third-order valence-corrected chi connectivity index (χ3v) is 18.9. The number of rotatable bonds is 15. The Morgan fingerprint density at radius 3 is 1.73 bits per heavy atom. The molecular formula is C71H79F3N8O16S2. The van der Waals surface area contributed by atoms with Gasteiger partial charge in [-0.1, -0.05) is 103 Å². The summed E-state index contributed by atoms with van der Waals surface area (Å²) in [5.74, 6) is -1.86. The van der Waals surface area contributed by atoms with Crippen molar-refractivity contribution >= 4 is 54.6 Å². The number of halogens is 3. The molecule has 11 rings (SSSR count). The summed E-state index contributed by atoms with van der Waals surface area (Å²) in [6.07, 6.45) is 0.777. The van der Waals surface area contributed by atoms with Gasteiger partial charge in [-0.2, -0.15) is 13.2 Å². The number of sulfone groups is 2. The van der Waals surface area contributed by atoms with Crippen LogP contribution in [0.5, 0.6) is 5.88 Å². The number of carbonyl (C=O) groups excluding carboxylic acids is 4. The van der Waals surface area contributed by atoms with Crippen LogP contribution in [0.25, 0.3) is 11.1 Å². The van der Waals surface area contributed by atoms with Crippen LogP contribution >= 0.6 is 0 Å². The number of esters is 2. The number of aromatic amines is 2. The number of benzene rings is 5. The number of H-pyrrole nitrogens is 2. The second kappa shape index (κ2) is 30.6. The lowest BCUT2D eigenvalue weighted by Gasteiger charge is -2.27. The molecule has 0 saturated heterocycles. The molecule has 0 radical (unpaired) electrons. The van der Waals surface area contributed by atoms with Crippen LogP contribution in [0.4, 0.5) is 13.2 Å². The number of aromatic nitrogens is 6. The molecule has 2 N–H and O–H groups in total. The van der Waals surface area contributed by atoms with Crippen LogP contribution in [0.3, 0.4) is 0 Å². The molecule has 0 bridgehead atoms. The smallest absolute Gasteiger partial charge is 0.416 e. The number of hydrogen-bond donors (Lipinski definition) is 2. The highest BCUT2D eigenvalue weighted by Gasteiger charge is 2.45. The predicted molar refractivity (Wildman–Crippen MR) is 367 cm³/mol. The van der Waals surface area contributed by atoms with Gasteiger partial charge in [-0.3, -0.25) is 43.2 Å². The van der Waals surface area contributed by atoms with Crippen molar-refractivity contribution in [1.29, 1.82) is 0 Å². The van der Waals surface area contributed by atoms with Gasteiger partial charge in [-0.05, 0) is 114 Å². The summed E-state index contributed by atoms with van der Waals surface area (Å²) in [6.45, 7) is 19.1. The van der Waals surface area contributed by atoms with Gasteiger partial charge in [0.05, 0.1) is 65.8 Å². The predicted octanol–water partition coefficient (Wildman–Crippen LogP) is 9.46. The number of hydrogen-bond acceptors (Lipinski definition) is 18. The van der Waals surface area contributed by atoms with Crippen molar-refractivity contribution in [3.8, 4) is 17.0 Å². The number of nitrogens with one attached hydrogen (secondary N) is 2. The van der Waals surface area contributed by atoms with E-state index in [4.69, 9.17) is 23.9 Å². The summed E-state index contributed by atoms with van der Waals surface area (Å²) in [4.78, 5) is 97.7. The molecule has 3 aliphatic heterocycles. The number of alkyl halides is 3. The van der Waals surface area contributed by atoms with E-state index in [1.54, 1.807) is 23.2 Å². The summed E-state index contributed by atoms with van der Waals surface area (Å²) < 4.78 is 109. The van der Waals surface area contributed by atoms with Crippen LogP contribution in [0.15, 0.2) is 144 Å². The van der Waals surface area contributed by atoms with Crippen LogP contribution in [0.1, 0.15) is 136 Å². The number of nitrogens with zero attached hydrogens (tertiary/aromatic N) is 6. The fourth-order valence-corrected chi connectivity index (χ4v) is 13.4. The minimum atomic E-state index is -4.76. The monoisotopic (exact) mass is 1420 g/mol. The first kappa shape index (κ1) is 75.8. The average Bonchev–Trinajstić information content (AvgIpc) is 1.60. The second-order valence-corrected chi connectivity index (χ2v) is 28.9. The third kappa shape index (κ3) is 16.3.